The summed E-state index contributed by atoms with van der Waals surface area (Å²) in [5.74, 6) is -2.50. The van der Waals surface area contributed by atoms with Gasteiger partial charge in [-0.15, -0.1) is 0 Å². The Morgan fingerprint density at radius 2 is 1.57 bits per heavy atom. The molecule has 5 rings (SSSR count). The number of nitrogens with one attached hydrogen (secondary N) is 3. The van der Waals surface area contributed by atoms with E-state index in [2.05, 4.69) is 20.9 Å². The first-order valence-corrected chi connectivity index (χ1v) is 16.2. The Hall–Kier alpha value is -4.16. The Morgan fingerprint density at radius 3 is 2.21 bits per heavy atom. The minimum Gasteiger partial charge on any atom is -0.447 e. The minimum absolute atomic E-state index is 0.0882. The quantitative estimate of drug-likeness (QED) is 0.200. The van der Waals surface area contributed by atoms with Crippen LogP contribution in [0.1, 0.15) is 61.1 Å². The van der Waals surface area contributed by atoms with Gasteiger partial charge in [-0.25, -0.2) is 18.0 Å². The number of nitrogens with zero attached hydrogens (tertiary/aromatic N) is 1. The molecule has 1 aromatic heterocycles. The average molecular weight is 654 g/mol. The van der Waals surface area contributed by atoms with Crippen molar-refractivity contribution < 1.29 is 32.2 Å². The number of alkyl carbamates (subject to hydrolysis) is 1. The molecule has 1 saturated carbocycles. The second-order valence-corrected chi connectivity index (χ2v) is 12.3. The van der Waals surface area contributed by atoms with E-state index < -0.39 is 41.4 Å². The number of carbonyl (C=O) groups is 2. The van der Waals surface area contributed by atoms with E-state index in [1.807, 2.05) is 0 Å². The number of rotatable bonds is 13. The summed E-state index contributed by atoms with van der Waals surface area (Å²) in [4.78, 5) is 29.2. The number of anilines is 1. The van der Waals surface area contributed by atoms with Crippen LogP contribution in [0.15, 0.2) is 60.9 Å². The lowest BCUT2D eigenvalue weighted by atomic mass is 9.84. The zero-order chi connectivity index (χ0) is 33.2. The molecule has 2 aromatic carbocycles. The molecule has 3 aromatic rings. The molecule has 3 atom stereocenters. The molecule has 0 spiro atoms. The predicted molar refractivity (Wildman–Crippen MR) is 171 cm³/mol. The lowest BCUT2D eigenvalue weighted by molar-refractivity contribution is -0.119. The number of carbonyl (C=O) groups excluding carboxylic acids is 2. The Bertz CT molecular complexity index is 1430. The Balaban J connectivity index is 1.23. The average Bonchev–Trinajstić information content (AvgIpc) is 3.08. The van der Waals surface area contributed by atoms with E-state index in [9.17, 15) is 18.4 Å². The van der Waals surface area contributed by atoms with Crippen LogP contribution in [0.25, 0.3) is 0 Å². The fourth-order valence-corrected chi connectivity index (χ4v) is 6.43. The van der Waals surface area contributed by atoms with E-state index >= 15 is 4.39 Å². The van der Waals surface area contributed by atoms with Gasteiger partial charge in [0.15, 0.2) is 0 Å². The molecule has 0 radical (unpaired) electrons. The summed E-state index contributed by atoms with van der Waals surface area (Å²) in [5, 5.41) is 9.25. The highest BCUT2D eigenvalue weighted by atomic mass is 19.1. The summed E-state index contributed by atoms with van der Waals surface area (Å²) in [6, 6.07) is 10.0. The van der Waals surface area contributed by atoms with E-state index in [4.69, 9.17) is 15.2 Å². The summed E-state index contributed by atoms with van der Waals surface area (Å²) in [7, 11) is 0. The number of morpholine rings is 1. The third-order valence-corrected chi connectivity index (χ3v) is 8.92. The number of amides is 2. The molecule has 2 heterocycles. The maximum Gasteiger partial charge on any atom is 0.407 e. The highest BCUT2D eigenvalue weighted by molar-refractivity contribution is 5.85. The number of benzene rings is 2. The van der Waals surface area contributed by atoms with Crippen molar-refractivity contribution in [2.24, 2.45) is 11.7 Å². The zero-order valence-electron chi connectivity index (χ0n) is 26.2. The highest BCUT2D eigenvalue weighted by Crippen LogP contribution is 2.32. The van der Waals surface area contributed by atoms with Crippen LogP contribution in [0.3, 0.4) is 0 Å². The molecule has 2 amide bonds. The van der Waals surface area contributed by atoms with Crippen molar-refractivity contribution in [2.45, 2.75) is 69.1 Å². The molecule has 9 nitrogen and oxygen atoms in total. The molecule has 1 aliphatic heterocycles. The summed E-state index contributed by atoms with van der Waals surface area (Å²) < 4.78 is 54.4. The number of aromatic nitrogens is 1. The van der Waals surface area contributed by atoms with Crippen LogP contribution in [0, 0.1) is 23.4 Å². The van der Waals surface area contributed by atoms with Crippen molar-refractivity contribution in [3.05, 3.63) is 95.1 Å². The molecule has 252 valence electrons. The van der Waals surface area contributed by atoms with Crippen LogP contribution in [0.5, 0.6) is 0 Å². The van der Waals surface area contributed by atoms with E-state index in [0.717, 1.165) is 19.0 Å². The first kappa shape index (κ1) is 34.2. The summed E-state index contributed by atoms with van der Waals surface area (Å²) in [5.41, 5.74) is 7.55. The predicted octanol–water partition coefficient (Wildman–Crippen LogP) is 5.19. The highest BCUT2D eigenvalue weighted by Gasteiger charge is 2.31. The van der Waals surface area contributed by atoms with Crippen molar-refractivity contribution in [3.63, 3.8) is 0 Å². The van der Waals surface area contributed by atoms with Crippen LogP contribution in [-0.4, -0.2) is 61.5 Å². The van der Waals surface area contributed by atoms with Crippen LogP contribution >= 0.6 is 0 Å². The standard InChI is InChI=1S/C35H42F3N5O4/c36-25-10-6-23(7-11-25)32(24-8-12-26(37)13-9-24)33(34(39)44)43-31-20-41-19-30(38)29(31)15-14-27-17-40-18-28(47-27)21-46-35(45)42-16-22-4-2-1-3-5-22/h6-13,19-20,22,27-28,32-33,40,43H,1-5,14-18,21H2,(H2,39,44)(H,42,45)/t27-,28+,33+/m1/s1. The molecular formula is C35H42F3N5O4. The van der Waals surface area contributed by atoms with Gasteiger partial charge < -0.3 is 31.2 Å². The molecule has 0 unspecified atom stereocenters. The molecule has 1 saturated heterocycles. The normalized spacial score (nSPS) is 19.2. The topological polar surface area (TPSA) is 128 Å². The number of hydrogen-bond donors (Lipinski definition) is 4. The van der Waals surface area contributed by atoms with E-state index in [0.29, 0.717) is 43.1 Å². The largest absolute Gasteiger partial charge is 0.447 e. The van der Waals surface area contributed by atoms with Crippen LogP contribution in [0.2, 0.25) is 0 Å². The Labute approximate surface area is 272 Å². The van der Waals surface area contributed by atoms with Gasteiger partial charge in [0.1, 0.15) is 36.2 Å². The molecule has 2 fully saturated rings. The van der Waals surface area contributed by atoms with Crippen LogP contribution < -0.4 is 21.7 Å². The van der Waals surface area contributed by atoms with E-state index in [1.54, 1.807) is 0 Å². The van der Waals surface area contributed by atoms with Crippen molar-refractivity contribution in [1.82, 2.24) is 15.6 Å². The maximum absolute atomic E-state index is 15.3. The number of ether oxygens (including phenoxy) is 2. The van der Waals surface area contributed by atoms with Crippen molar-refractivity contribution in [1.29, 1.82) is 0 Å². The fourth-order valence-electron chi connectivity index (χ4n) is 6.43. The van der Waals surface area contributed by atoms with Gasteiger partial charge in [-0.2, -0.15) is 0 Å². The van der Waals surface area contributed by atoms with E-state index in [1.165, 1.54) is 74.0 Å². The maximum atomic E-state index is 15.3. The van der Waals surface area contributed by atoms with Gasteiger partial charge in [0.25, 0.3) is 0 Å². The molecule has 47 heavy (non-hydrogen) atoms. The molecule has 5 N–H and O–H groups in total. The summed E-state index contributed by atoms with van der Waals surface area (Å²) >= 11 is 0. The lowest BCUT2D eigenvalue weighted by Gasteiger charge is -2.31. The first-order chi connectivity index (χ1) is 22.8. The molecule has 12 heteroatoms. The van der Waals surface area contributed by atoms with Gasteiger partial charge in [-0.05, 0) is 67.0 Å². The van der Waals surface area contributed by atoms with Gasteiger partial charge in [-0.3, -0.25) is 9.78 Å². The second kappa shape index (κ2) is 16.6. The van der Waals surface area contributed by atoms with Crippen LogP contribution in [-0.2, 0) is 20.7 Å². The second-order valence-electron chi connectivity index (χ2n) is 12.3. The Morgan fingerprint density at radius 1 is 0.936 bits per heavy atom. The number of pyridine rings is 1. The fraction of sp³-hybridized carbons (Fsp3) is 0.457. The number of primary amides is 1. The van der Waals surface area contributed by atoms with Crippen molar-refractivity contribution in [2.75, 3.05) is 31.6 Å². The third-order valence-electron chi connectivity index (χ3n) is 8.92. The number of nitrogens with two attached hydrogens (primary N) is 1. The van der Waals surface area contributed by atoms with Crippen molar-refractivity contribution in [3.8, 4) is 0 Å². The molecule has 0 bridgehead atoms. The van der Waals surface area contributed by atoms with Gasteiger partial charge in [-0.1, -0.05) is 43.5 Å². The van der Waals surface area contributed by atoms with Gasteiger partial charge in [0.2, 0.25) is 5.91 Å². The van der Waals surface area contributed by atoms with E-state index in [-0.39, 0.29) is 36.5 Å². The SMILES string of the molecule is NC(=O)[C@@H](Nc1cncc(F)c1CC[C@@H]1CNC[C@@H](COC(=O)NCC2CCCCC2)O1)C(c1ccc(F)cc1)c1ccc(F)cc1. The number of hydrogen-bond acceptors (Lipinski definition) is 7. The molecule has 2 aliphatic rings. The molecular weight excluding hydrogens is 611 g/mol. The molecule has 1 aliphatic carbocycles. The van der Waals surface area contributed by atoms with Gasteiger partial charge in [0.05, 0.1) is 24.2 Å². The van der Waals surface area contributed by atoms with Gasteiger partial charge >= 0.3 is 6.09 Å². The summed E-state index contributed by atoms with van der Waals surface area (Å²) in [6.07, 6.45) is 7.97. The van der Waals surface area contributed by atoms with Crippen LogP contribution in [0.4, 0.5) is 23.7 Å². The number of halogens is 3. The van der Waals surface area contributed by atoms with Gasteiger partial charge in [0, 0.05) is 31.1 Å². The lowest BCUT2D eigenvalue weighted by Crippen LogP contribution is -2.47. The summed E-state index contributed by atoms with van der Waals surface area (Å²) in [6.45, 7) is 1.74. The Kier molecular flexibility index (Phi) is 12.1. The monoisotopic (exact) mass is 653 g/mol. The zero-order valence-corrected chi connectivity index (χ0v) is 26.2. The third kappa shape index (κ3) is 9.68. The minimum atomic E-state index is -1.12. The van der Waals surface area contributed by atoms with Crippen molar-refractivity contribution >= 4 is 17.7 Å². The smallest absolute Gasteiger partial charge is 0.407 e. The first-order valence-electron chi connectivity index (χ1n) is 16.2.